The predicted molar refractivity (Wildman–Crippen MR) is 114 cm³/mol. The second-order valence-corrected chi connectivity index (χ2v) is 12.9. The highest BCUT2D eigenvalue weighted by atomic mass is 16.6. The Morgan fingerprint density at radius 3 is 2.22 bits per heavy atom. The average Bonchev–Trinajstić information content (AvgIpc) is 3.32. The number of carbonyl (C=O) groups excluding carboxylic acids is 3. The molecule has 0 aromatic rings. The molecule has 0 aromatic heterocycles. The van der Waals surface area contributed by atoms with Gasteiger partial charge < -0.3 is 14.2 Å². The summed E-state index contributed by atoms with van der Waals surface area (Å²) in [5, 5.41) is 0. The van der Waals surface area contributed by atoms with Crippen LogP contribution in [0.4, 0.5) is 0 Å². The summed E-state index contributed by atoms with van der Waals surface area (Å²) in [4.78, 5) is 38.7. The van der Waals surface area contributed by atoms with Crippen LogP contribution in [0.3, 0.4) is 0 Å². The molecule has 7 aliphatic rings. The molecule has 0 N–H and O–H groups in total. The molecule has 7 fully saturated rings. The van der Waals surface area contributed by atoms with Crippen molar-refractivity contribution in [1.82, 2.24) is 0 Å². The lowest BCUT2D eigenvalue weighted by Crippen LogP contribution is -2.58. The summed E-state index contributed by atoms with van der Waals surface area (Å²) in [6.45, 7) is 7.84. The van der Waals surface area contributed by atoms with E-state index >= 15 is 0 Å². The molecule has 6 heteroatoms. The van der Waals surface area contributed by atoms with Crippen molar-refractivity contribution in [3.63, 3.8) is 0 Å². The van der Waals surface area contributed by atoms with Crippen molar-refractivity contribution < 1.29 is 28.6 Å². The van der Waals surface area contributed by atoms with E-state index in [9.17, 15) is 14.4 Å². The zero-order chi connectivity index (χ0) is 22.6. The normalized spacial score (nSPS) is 49.9. The number of rotatable bonds is 4. The van der Waals surface area contributed by atoms with Gasteiger partial charge in [0.1, 0.15) is 11.7 Å². The number of ether oxygens (including phenoxy) is 3. The zero-order valence-electron chi connectivity index (χ0n) is 19.7. The fourth-order valence-corrected chi connectivity index (χ4v) is 8.69. The average molecular weight is 445 g/mol. The fourth-order valence-electron chi connectivity index (χ4n) is 8.69. The summed E-state index contributed by atoms with van der Waals surface area (Å²) in [5.41, 5.74) is -0.985. The van der Waals surface area contributed by atoms with Crippen LogP contribution in [0, 0.1) is 58.7 Å². The maximum Gasteiger partial charge on any atom is 0.311 e. The van der Waals surface area contributed by atoms with Crippen LogP contribution >= 0.6 is 0 Å². The largest absolute Gasteiger partial charge is 0.465 e. The second-order valence-electron chi connectivity index (χ2n) is 12.9. The van der Waals surface area contributed by atoms with Gasteiger partial charge in [-0.1, -0.05) is 0 Å². The molecule has 32 heavy (non-hydrogen) atoms. The first-order valence-electron chi connectivity index (χ1n) is 12.7. The van der Waals surface area contributed by atoms with Crippen molar-refractivity contribution in [1.29, 1.82) is 0 Å². The molecule has 1 aliphatic heterocycles. The van der Waals surface area contributed by atoms with Gasteiger partial charge in [-0.2, -0.15) is 0 Å². The van der Waals surface area contributed by atoms with Crippen LogP contribution in [0.5, 0.6) is 0 Å². The maximum atomic E-state index is 13.7. The molecule has 6 bridgehead atoms. The quantitative estimate of drug-likeness (QED) is 0.485. The molecule has 1 heterocycles. The highest BCUT2D eigenvalue weighted by Gasteiger charge is 2.69. The molecule has 6 nitrogen and oxygen atoms in total. The van der Waals surface area contributed by atoms with Crippen LogP contribution in [0.25, 0.3) is 0 Å². The number of hydrogen-bond donors (Lipinski definition) is 0. The second kappa shape index (κ2) is 6.73. The Morgan fingerprint density at radius 2 is 1.62 bits per heavy atom. The number of carbonyl (C=O) groups is 3. The van der Waals surface area contributed by atoms with Crippen LogP contribution in [-0.2, 0) is 28.6 Å². The lowest BCUT2D eigenvalue weighted by atomic mass is 9.50. The Labute approximate surface area is 190 Å². The van der Waals surface area contributed by atoms with Crippen molar-refractivity contribution in [2.45, 2.75) is 77.9 Å². The van der Waals surface area contributed by atoms with Crippen molar-refractivity contribution in [3.8, 4) is 0 Å². The van der Waals surface area contributed by atoms with E-state index in [2.05, 4.69) is 6.92 Å². The van der Waals surface area contributed by atoms with Gasteiger partial charge in [0, 0.05) is 11.8 Å². The van der Waals surface area contributed by atoms with Crippen molar-refractivity contribution >= 4 is 17.9 Å². The topological polar surface area (TPSA) is 78.9 Å². The maximum absolute atomic E-state index is 13.7. The third kappa shape index (κ3) is 2.86. The first kappa shape index (κ1) is 21.0. The number of fused-ring (bicyclic) bond motifs is 1. The minimum Gasteiger partial charge on any atom is -0.465 e. The van der Waals surface area contributed by atoms with Gasteiger partial charge in [-0.3, -0.25) is 14.4 Å². The van der Waals surface area contributed by atoms with E-state index < -0.39 is 16.9 Å². The lowest BCUT2D eigenvalue weighted by molar-refractivity contribution is -0.210. The van der Waals surface area contributed by atoms with Crippen LogP contribution in [0.1, 0.15) is 66.2 Å². The summed E-state index contributed by atoms with van der Waals surface area (Å²) in [6, 6.07) is 0. The van der Waals surface area contributed by atoms with Crippen molar-refractivity contribution in [2.75, 3.05) is 6.61 Å². The zero-order valence-corrected chi connectivity index (χ0v) is 19.7. The van der Waals surface area contributed by atoms with E-state index in [0.717, 1.165) is 18.3 Å². The standard InChI is InChI=1S/C26H36O6/c1-25(2,3)24(29)30-11-18-16-10-17-20(22(27)31-21(17)18)19(16)23(28)32-26(4)14-6-12-5-13(8-14)9-15(26)7-12/h12-21H,5-11H2,1-4H3. The Kier molecular flexibility index (Phi) is 4.41. The first-order chi connectivity index (χ1) is 15.1. The minimum atomic E-state index is -0.584. The molecule has 0 radical (unpaired) electrons. The molecule has 6 atom stereocenters. The van der Waals surface area contributed by atoms with E-state index in [4.69, 9.17) is 14.2 Å². The molecular weight excluding hydrogens is 408 g/mol. The van der Waals surface area contributed by atoms with Gasteiger partial charge in [-0.25, -0.2) is 0 Å². The molecule has 6 saturated carbocycles. The lowest BCUT2D eigenvalue weighted by Gasteiger charge is -2.59. The summed E-state index contributed by atoms with van der Waals surface area (Å²) < 4.78 is 17.8. The van der Waals surface area contributed by atoms with Crippen LogP contribution in [0.2, 0.25) is 0 Å². The highest BCUT2D eigenvalue weighted by molar-refractivity contribution is 5.86. The number of hydrogen-bond acceptors (Lipinski definition) is 6. The van der Waals surface area contributed by atoms with E-state index in [1.807, 2.05) is 20.8 Å². The first-order valence-corrected chi connectivity index (χ1v) is 12.7. The Hall–Kier alpha value is -1.59. The van der Waals surface area contributed by atoms with Gasteiger partial charge in [0.15, 0.2) is 0 Å². The monoisotopic (exact) mass is 444 g/mol. The molecule has 6 unspecified atom stereocenters. The minimum absolute atomic E-state index is 0.0119. The molecule has 6 aliphatic carbocycles. The van der Waals surface area contributed by atoms with E-state index in [-0.39, 0.29) is 54.3 Å². The van der Waals surface area contributed by atoms with E-state index in [1.54, 1.807) is 0 Å². The molecule has 0 spiro atoms. The van der Waals surface area contributed by atoms with Gasteiger partial charge in [0.2, 0.25) is 0 Å². The molecular formula is C26H36O6. The SMILES string of the molecule is CC(C)(C)C(=O)OCC1C2CC3C1OC(=O)C3C2C(=O)OC1(C)C2CC3CC(C2)CC1C3. The smallest absolute Gasteiger partial charge is 0.311 e. The van der Waals surface area contributed by atoms with Crippen molar-refractivity contribution in [2.24, 2.45) is 58.7 Å². The third-order valence-electron chi connectivity index (χ3n) is 10.1. The van der Waals surface area contributed by atoms with Gasteiger partial charge >= 0.3 is 17.9 Å². The van der Waals surface area contributed by atoms with Gasteiger partial charge in [0.05, 0.1) is 23.9 Å². The van der Waals surface area contributed by atoms with E-state index in [1.165, 1.54) is 32.1 Å². The Morgan fingerprint density at radius 1 is 1.00 bits per heavy atom. The molecule has 1 saturated heterocycles. The highest BCUT2D eigenvalue weighted by Crippen LogP contribution is 2.63. The summed E-state index contributed by atoms with van der Waals surface area (Å²) in [5.74, 6) is 0.869. The summed E-state index contributed by atoms with van der Waals surface area (Å²) in [7, 11) is 0. The number of esters is 3. The van der Waals surface area contributed by atoms with Gasteiger partial charge in [0.25, 0.3) is 0 Å². The van der Waals surface area contributed by atoms with Crippen LogP contribution < -0.4 is 0 Å². The Balaban J connectivity index is 1.20. The predicted octanol–water partition coefficient (Wildman–Crippen LogP) is 3.76. The Bertz CT molecular complexity index is 827. The van der Waals surface area contributed by atoms with Crippen LogP contribution in [-0.4, -0.2) is 36.2 Å². The summed E-state index contributed by atoms with van der Waals surface area (Å²) in [6.07, 6.45) is 6.60. The fraction of sp³-hybridized carbons (Fsp3) is 0.885. The molecule has 176 valence electrons. The van der Waals surface area contributed by atoms with Gasteiger partial charge in [-0.05, 0) is 95.8 Å². The third-order valence-corrected chi connectivity index (χ3v) is 10.1. The molecule has 7 rings (SSSR count). The van der Waals surface area contributed by atoms with Crippen molar-refractivity contribution in [3.05, 3.63) is 0 Å². The molecule has 0 aromatic carbocycles. The van der Waals surface area contributed by atoms with Crippen LogP contribution in [0.15, 0.2) is 0 Å². The summed E-state index contributed by atoms with van der Waals surface area (Å²) >= 11 is 0. The van der Waals surface area contributed by atoms with Gasteiger partial charge in [-0.15, -0.1) is 0 Å². The molecule has 0 amide bonds. The van der Waals surface area contributed by atoms with E-state index in [0.29, 0.717) is 11.8 Å².